The van der Waals surface area contributed by atoms with Crippen LogP contribution in [0.3, 0.4) is 0 Å². The maximum Gasteiger partial charge on any atom is 0.259 e. The Hall–Kier alpha value is -2.19. The summed E-state index contributed by atoms with van der Waals surface area (Å²) in [6, 6.07) is 6.71. The second kappa shape index (κ2) is 9.12. The summed E-state index contributed by atoms with van der Waals surface area (Å²) < 4.78 is 13.5. The van der Waals surface area contributed by atoms with Gasteiger partial charge in [-0.1, -0.05) is 12.1 Å². The van der Waals surface area contributed by atoms with Crippen LogP contribution in [-0.4, -0.2) is 38.6 Å². The van der Waals surface area contributed by atoms with Gasteiger partial charge in [0.2, 0.25) is 5.91 Å². The van der Waals surface area contributed by atoms with Gasteiger partial charge in [-0.05, 0) is 63.3 Å². The Balaban J connectivity index is 1.41. The van der Waals surface area contributed by atoms with E-state index in [1.165, 1.54) is 29.2 Å². The first-order valence-electron chi connectivity index (χ1n) is 10.5. The lowest BCUT2D eigenvalue weighted by atomic mass is 10.0. The summed E-state index contributed by atoms with van der Waals surface area (Å²) in [6.45, 7) is 6.57. The summed E-state index contributed by atoms with van der Waals surface area (Å²) >= 11 is 3.01. The first-order chi connectivity index (χ1) is 14.8. The first-order valence-corrected chi connectivity index (χ1v) is 12.4. The molecule has 1 aromatic carbocycles. The second-order valence-corrected chi connectivity index (χ2v) is 10.6. The average Bonchev–Trinajstić information content (AvgIpc) is 3.30. The topological polar surface area (TPSA) is 66.1 Å². The molecule has 0 radical (unpaired) electrons. The Morgan fingerprint density at radius 2 is 2.23 bits per heavy atom. The number of rotatable bonds is 6. The van der Waals surface area contributed by atoms with Gasteiger partial charge in [0.1, 0.15) is 16.5 Å². The Kier molecular flexibility index (Phi) is 6.48. The van der Waals surface area contributed by atoms with Crippen LogP contribution in [0.25, 0.3) is 10.2 Å². The van der Waals surface area contributed by atoms with E-state index in [1.54, 1.807) is 12.1 Å². The number of thiophene rings is 1. The van der Waals surface area contributed by atoms with Gasteiger partial charge in [0.05, 0.1) is 16.4 Å². The third kappa shape index (κ3) is 4.70. The summed E-state index contributed by atoms with van der Waals surface area (Å²) in [7, 11) is 0. The number of amides is 1. The zero-order chi connectivity index (χ0) is 22.1. The molecule has 2 atom stereocenters. The lowest BCUT2D eigenvalue weighted by molar-refractivity contribution is -0.131. The summed E-state index contributed by atoms with van der Waals surface area (Å²) in [4.78, 5) is 36.8. The number of aromatic nitrogens is 2. The molecular formula is C23H26FN3O2S2. The molecule has 0 spiro atoms. The van der Waals surface area contributed by atoms with Crippen molar-refractivity contribution in [3.63, 3.8) is 0 Å². The van der Waals surface area contributed by atoms with E-state index >= 15 is 0 Å². The fraction of sp³-hybridized carbons (Fsp3) is 0.435. The van der Waals surface area contributed by atoms with Crippen LogP contribution >= 0.6 is 23.1 Å². The number of nitrogens with one attached hydrogen (secondary N) is 1. The number of H-pyrrole nitrogens is 1. The minimum absolute atomic E-state index is 0.0927. The number of aromatic amines is 1. The van der Waals surface area contributed by atoms with Crippen molar-refractivity contribution in [2.45, 2.75) is 57.1 Å². The van der Waals surface area contributed by atoms with Crippen molar-refractivity contribution in [1.29, 1.82) is 0 Å². The van der Waals surface area contributed by atoms with Crippen molar-refractivity contribution >= 4 is 39.2 Å². The van der Waals surface area contributed by atoms with Gasteiger partial charge >= 0.3 is 0 Å². The van der Waals surface area contributed by atoms with E-state index < -0.39 is 0 Å². The van der Waals surface area contributed by atoms with Crippen LogP contribution in [0, 0.1) is 19.7 Å². The predicted molar refractivity (Wildman–Crippen MR) is 125 cm³/mol. The normalized spacial score (nSPS) is 17.4. The largest absolute Gasteiger partial charge is 0.338 e. The summed E-state index contributed by atoms with van der Waals surface area (Å²) in [6.07, 6.45) is 2.57. The van der Waals surface area contributed by atoms with Crippen LogP contribution in [0.4, 0.5) is 4.39 Å². The Labute approximate surface area is 189 Å². The van der Waals surface area contributed by atoms with Gasteiger partial charge in [-0.25, -0.2) is 9.37 Å². The molecule has 8 heteroatoms. The monoisotopic (exact) mass is 459 g/mol. The van der Waals surface area contributed by atoms with Crippen LogP contribution in [0.15, 0.2) is 29.1 Å². The highest BCUT2D eigenvalue weighted by atomic mass is 32.2. The van der Waals surface area contributed by atoms with E-state index in [0.29, 0.717) is 23.4 Å². The molecule has 0 saturated carbocycles. The van der Waals surface area contributed by atoms with Crippen molar-refractivity contribution in [2.75, 3.05) is 6.54 Å². The zero-order valence-electron chi connectivity index (χ0n) is 17.9. The number of carbonyl (C=O) groups is 1. The number of hydrogen-bond donors (Lipinski definition) is 1. The Morgan fingerprint density at radius 3 is 3.00 bits per heavy atom. The van der Waals surface area contributed by atoms with Crippen LogP contribution in [0.2, 0.25) is 0 Å². The van der Waals surface area contributed by atoms with Gasteiger partial charge in [-0.15, -0.1) is 23.1 Å². The van der Waals surface area contributed by atoms with Crippen molar-refractivity contribution in [1.82, 2.24) is 14.9 Å². The van der Waals surface area contributed by atoms with E-state index in [0.717, 1.165) is 40.2 Å². The van der Waals surface area contributed by atoms with Crippen molar-refractivity contribution in [3.05, 3.63) is 62.3 Å². The van der Waals surface area contributed by atoms with Gasteiger partial charge in [-0.2, -0.15) is 0 Å². The molecule has 164 valence electrons. The molecule has 31 heavy (non-hydrogen) atoms. The van der Waals surface area contributed by atoms with E-state index in [9.17, 15) is 14.0 Å². The molecule has 0 bridgehead atoms. The second-order valence-electron chi connectivity index (χ2n) is 8.09. The molecule has 2 aromatic heterocycles. The standard InChI is InChI=1S/C23H26FN3O2S2/c1-13-14(2)31-22-20(13)21(28)25-19(26-22)12-30-15(3)23(29)27-9-5-8-18(27)11-16-6-4-7-17(24)10-16/h4,6-7,10,15,18H,5,8-9,11-12H2,1-3H3,(H,25,26,28). The molecule has 1 aliphatic rings. The van der Waals surface area contributed by atoms with Crippen LogP contribution in [-0.2, 0) is 17.0 Å². The molecule has 5 nitrogen and oxygen atoms in total. The molecule has 3 aromatic rings. The molecule has 2 unspecified atom stereocenters. The fourth-order valence-corrected chi connectivity index (χ4v) is 6.02. The molecule has 4 rings (SSSR count). The third-order valence-corrected chi connectivity index (χ3v) is 8.17. The van der Waals surface area contributed by atoms with E-state index in [2.05, 4.69) is 9.97 Å². The van der Waals surface area contributed by atoms with E-state index in [-0.39, 0.29) is 28.6 Å². The molecule has 1 fully saturated rings. The predicted octanol–water partition coefficient (Wildman–Crippen LogP) is 4.60. The molecular weight excluding hydrogens is 433 g/mol. The maximum absolute atomic E-state index is 13.5. The minimum Gasteiger partial charge on any atom is -0.338 e. The van der Waals surface area contributed by atoms with Gasteiger partial charge in [0, 0.05) is 17.5 Å². The summed E-state index contributed by atoms with van der Waals surface area (Å²) in [5.74, 6) is 0.916. The number of benzene rings is 1. The maximum atomic E-state index is 13.5. The number of likely N-dealkylation sites (tertiary alicyclic amines) is 1. The van der Waals surface area contributed by atoms with Crippen molar-refractivity contribution in [3.8, 4) is 0 Å². The Bertz CT molecular complexity index is 1170. The minimum atomic E-state index is -0.249. The number of halogens is 1. The highest BCUT2D eigenvalue weighted by Crippen LogP contribution is 2.28. The number of carbonyl (C=O) groups excluding carboxylic acids is 1. The summed E-state index contributed by atoms with van der Waals surface area (Å²) in [5.41, 5.74) is 1.78. The number of aryl methyl sites for hydroxylation is 2. The van der Waals surface area contributed by atoms with Gasteiger partial charge in [0.15, 0.2) is 0 Å². The van der Waals surface area contributed by atoms with E-state index in [4.69, 9.17) is 0 Å². The number of thioether (sulfide) groups is 1. The Morgan fingerprint density at radius 1 is 1.42 bits per heavy atom. The van der Waals surface area contributed by atoms with Gasteiger partial charge in [0.25, 0.3) is 5.56 Å². The van der Waals surface area contributed by atoms with Crippen LogP contribution in [0.1, 0.15) is 41.6 Å². The molecule has 1 amide bonds. The van der Waals surface area contributed by atoms with Gasteiger partial charge < -0.3 is 9.88 Å². The van der Waals surface area contributed by atoms with Crippen molar-refractivity contribution in [2.24, 2.45) is 0 Å². The smallest absolute Gasteiger partial charge is 0.259 e. The molecule has 1 N–H and O–H groups in total. The molecule has 0 aliphatic carbocycles. The van der Waals surface area contributed by atoms with Crippen molar-refractivity contribution < 1.29 is 9.18 Å². The molecule has 1 aliphatic heterocycles. The highest BCUT2D eigenvalue weighted by Gasteiger charge is 2.31. The van der Waals surface area contributed by atoms with Crippen LogP contribution in [0.5, 0.6) is 0 Å². The quantitative estimate of drug-likeness (QED) is 0.585. The molecule has 3 heterocycles. The number of fused-ring (bicyclic) bond motifs is 1. The zero-order valence-corrected chi connectivity index (χ0v) is 19.5. The van der Waals surface area contributed by atoms with E-state index in [1.807, 2.05) is 31.7 Å². The number of hydrogen-bond acceptors (Lipinski definition) is 5. The molecule has 1 saturated heterocycles. The van der Waals surface area contributed by atoms with Crippen LogP contribution < -0.4 is 5.56 Å². The van der Waals surface area contributed by atoms with Gasteiger partial charge in [-0.3, -0.25) is 9.59 Å². The first kappa shape index (κ1) is 22.0. The third-order valence-electron chi connectivity index (χ3n) is 5.93. The lowest BCUT2D eigenvalue weighted by Gasteiger charge is -2.27. The number of nitrogens with zero attached hydrogens (tertiary/aromatic N) is 2. The lowest BCUT2D eigenvalue weighted by Crippen LogP contribution is -2.41. The summed E-state index contributed by atoms with van der Waals surface area (Å²) in [5, 5.41) is 0.415. The average molecular weight is 460 g/mol. The SMILES string of the molecule is Cc1sc2nc(CSC(C)C(=O)N3CCCC3Cc3cccc(F)c3)[nH]c(=O)c2c1C. The highest BCUT2D eigenvalue weighted by molar-refractivity contribution is 7.99. The fourth-order valence-electron chi connectivity index (χ4n) is 4.15.